The van der Waals surface area contributed by atoms with Crippen LogP contribution in [0.1, 0.15) is 15.4 Å². The third-order valence-corrected chi connectivity index (χ3v) is 5.19. The zero-order valence-corrected chi connectivity index (χ0v) is 14.7. The molecule has 2 aromatic heterocycles. The minimum atomic E-state index is -0.467. The first-order chi connectivity index (χ1) is 12.2. The molecule has 0 aliphatic carbocycles. The predicted molar refractivity (Wildman–Crippen MR) is 98.9 cm³/mol. The van der Waals surface area contributed by atoms with E-state index in [0.717, 1.165) is 27.1 Å². The highest BCUT2D eigenvalue weighted by molar-refractivity contribution is 7.22. The monoisotopic (exact) mass is 368 g/mol. The summed E-state index contributed by atoms with van der Waals surface area (Å²) in [6, 6.07) is 15.3. The van der Waals surface area contributed by atoms with Crippen molar-refractivity contribution in [1.29, 1.82) is 0 Å². The van der Waals surface area contributed by atoms with Gasteiger partial charge in [-0.3, -0.25) is 0 Å². The van der Waals surface area contributed by atoms with Crippen molar-refractivity contribution < 1.29 is 9.53 Å². The minimum absolute atomic E-state index is 0.398. The van der Waals surface area contributed by atoms with E-state index in [0.29, 0.717) is 21.8 Å². The molecule has 2 aromatic carbocycles. The molecule has 0 atom stereocenters. The number of aromatic nitrogens is 3. The number of para-hydroxylation sites is 2. The summed E-state index contributed by atoms with van der Waals surface area (Å²) in [4.78, 5) is 17.3. The van der Waals surface area contributed by atoms with Crippen LogP contribution in [-0.4, -0.2) is 20.5 Å². The van der Waals surface area contributed by atoms with Gasteiger partial charge in [-0.2, -0.15) is 0 Å². The van der Waals surface area contributed by atoms with E-state index in [1.54, 1.807) is 13.0 Å². The van der Waals surface area contributed by atoms with Gasteiger partial charge in [0.1, 0.15) is 5.52 Å². The first-order valence-electron chi connectivity index (χ1n) is 7.43. The first-order valence-corrected chi connectivity index (χ1v) is 9.02. The van der Waals surface area contributed by atoms with E-state index in [9.17, 15) is 4.79 Å². The summed E-state index contributed by atoms with van der Waals surface area (Å²) < 4.78 is 10.2. The number of esters is 1. The lowest BCUT2D eigenvalue weighted by Gasteiger charge is -2.03. The Kier molecular flexibility index (Phi) is 4.12. The van der Waals surface area contributed by atoms with Crippen LogP contribution in [0.15, 0.2) is 48.5 Å². The highest BCUT2D eigenvalue weighted by atomic mass is 32.1. The van der Waals surface area contributed by atoms with E-state index in [2.05, 4.69) is 19.9 Å². The number of benzene rings is 2. The van der Waals surface area contributed by atoms with E-state index >= 15 is 0 Å². The number of thiazole rings is 1. The Balaban J connectivity index is 1.64. The number of carbonyl (C=O) groups is 1. The van der Waals surface area contributed by atoms with Gasteiger partial charge in [-0.05, 0) is 42.7 Å². The second kappa shape index (κ2) is 6.58. The summed E-state index contributed by atoms with van der Waals surface area (Å²) in [7, 11) is 0. The van der Waals surface area contributed by atoms with Crippen molar-refractivity contribution in [3.63, 3.8) is 0 Å². The van der Waals surface area contributed by atoms with Gasteiger partial charge in [0.15, 0.2) is 15.8 Å². The smallest absolute Gasteiger partial charge is 0.357 e. The standard InChI is InChI=1S/C17H12N4O2S2/c1-10-15(25-21-20-10)16(22)23-12-8-5-9-13-14(12)19-17(24-13)18-11-6-3-2-4-7-11/h2-9H,1H3,(H,18,19). The van der Waals surface area contributed by atoms with Gasteiger partial charge in [-0.15, -0.1) is 5.10 Å². The average molecular weight is 368 g/mol. The number of nitrogens with one attached hydrogen (secondary N) is 1. The summed E-state index contributed by atoms with van der Waals surface area (Å²) in [5, 5.41) is 7.83. The average Bonchev–Trinajstić information content (AvgIpc) is 3.22. The molecule has 0 aliphatic rings. The summed E-state index contributed by atoms with van der Waals surface area (Å²) in [6.07, 6.45) is 0. The number of aryl methyl sites for hydroxylation is 1. The van der Waals surface area contributed by atoms with Crippen LogP contribution >= 0.6 is 22.9 Å². The molecule has 0 fully saturated rings. The Hall–Kier alpha value is -2.84. The lowest BCUT2D eigenvalue weighted by molar-refractivity contribution is 0.0741. The highest BCUT2D eigenvalue weighted by Gasteiger charge is 2.18. The summed E-state index contributed by atoms with van der Waals surface area (Å²) in [5.41, 5.74) is 2.16. The molecule has 2 heterocycles. The van der Waals surface area contributed by atoms with Crippen LogP contribution in [0, 0.1) is 6.92 Å². The minimum Gasteiger partial charge on any atom is -0.420 e. The number of ether oxygens (including phenoxy) is 1. The van der Waals surface area contributed by atoms with Crippen molar-refractivity contribution in [3.8, 4) is 5.75 Å². The zero-order valence-electron chi connectivity index (χ0n) is 13.1. The van der Waals surface area contributed by atoms with Crippen molar-refractivity contribution in [2.75, 3.05) is 5.32 Å². The number of carbonyl (C=O) groups excluding carboxylic acids is 1. The van der Waals surface area contributed by atoms with Gasteiger partial charge < -0.3 is 10.1 Å². The third kappa shape index (κ3) is 3.21. The molecule has 0 unspecified atom stereocenters. The van der Waals surface area contributed by atoms with Gasteiger partial charge in [0, 0.05) is 5.69 Å². The maximum atomic E-state index is 12.3. The molecule has 25 heavy (non-hydrogen) atoms. The second-order valence-corrected chi connectivity index (χ2v) is 6.97. The molecule has 124 valence electrons. The SMILES string of the molecule is Cc1nnsc1C(=O)Oc1cccc2sc(Nc3ccccc3)nc12. The maximum absolute atomic E-state index is 12.3. The fourth-order valence-electron chi connectivity index (χ4n) is 2.27. The number of anilines is 2. The molecule has 4 rings (SSSR count). The molecule has 1 N–H and O–H groups in total. The fourth-order valence-corrected chi connectivity index (χ4v) is 3.71. The fraction of sp³-hybridized carbons (Fsp3) is 0.0588. The molecular weight excluding hydrogens is 356 g/mol. The first kappa shape index (κ1) is 15.7. The molecule has 0 saturated carbocycles. The van der Waals surface area contributed by atoms with Crippen molar-refractivity contribution in [2.24, 2.45) is 0 Å². The van der Waals surface area contributed by atoms with Crippen molar-refractivity contribution in [1.82, 2.24) is 14.6 Å². The van der Waals surface area contributed by atoms with Crippen LogP contribution in [0.3, 0.4) is 0 Å². The van der Waals surface area contributed by atoms with Gasteiger partial charge in [0.25, 0.3) is 0 Å². The topological polar surface area (TPSA) is 77.0 Å². The van der Waals surface area contributed by atoms with Crippen molar-refractivity contribution in [3.05, 3.63) is 59.1 Å². The Morgan fingerprint density at radius 3 is 2.72 bits per heavy atom. The summed E-state index contributed by atoms with van der Waals surface area (Å²) >= 11 is 2.52. The van der Waals surface area contributed by atoms with Crippen LogP contribution < -0.4 is 10.1 Å². The lowest BCUT2D eigenvalue weighted by atomic mass is 10.3. The molecular formula is C17H12N4O2S2. The van der Waals surface area contributed by atoms with Gasteiger partial charge in [-0.1, -0.05) is 40.1 Å². The predicted octanol–water partition coefficient (Wildman–Crippen LogP) is 4.42. The number of rotatable bonds is 4. The van der Waals surface area contributed by atoms with Crippen molar-refractivity contribution in [2.45, 2.75) is 6.92 Å². The van der Waals surface area contributed by atoms with Gasteiger partial charge in [0.2, 0.25) is 0 Å². The zero-order chi connectivity index (χ0) is 17.2. The van der Waals surface area contributed by atoms with Crippen LogP contribution in [0.5, 0.6) is 5.75 Å². The third-order valence-electron chi connectivity index (χ3n) is 3.45. The number of nitrogens with zero attached hydrogens (tertiary/aromatic N) is 3. The van der Waals surface area contributed by atoms with E-state index in [4.69, 9.17) is 4.74 Å². The molecule has 0 spiro atoms. The van der Waals surface area contributed by atoms with E-state index in [1.165, 1.54) is 11.3 Å². The van der Waals surface area contributed by atoms with Crippen LogP contribution in [0.4, 0.5) is 10.8 Å². The molecule has 0 saturated heterocycles. The quantitative estimate of drug-likeness (QED) is 0.424. The number of hydrogen-bond donors (Lipinski definition) is 1. The van der Waals surface area contributed by atoms with E-state index < -0.39 is 5.97 Å². The van der Waals surface area contributed by atoms with E-state index in [-0.39, 0.29) is 0 Å². The Morgan fingerprint density at radius 2 is 1.96 bits per heavy atom. The van der Waals surface area contributed by atoms with Crippen LogP contribution in [0.2, 0.25) is 0 Å². The second-order valence-electron chi connectivity index (χ2n) is 5.19. The maximum Gasteiger partial charge on any atom is 0.357 e. The normalized spacial score (nSPS) is 10.8. The molecule has 0 radical (unpaired) electrons. The molecule has 0 bridgehead atoms. The molecule has 6 nitrogen and oxygen atoms in total. The molecule has 0 aliphatic heterocycles. The van der Waals surface area contributed by atoms with Crippen LogP contribution in [-0.2, 0) is 0 Å². The Labute approximate surface area is 151 Å². The van der Waals surface area contributed by atoms with Crippen LogP contribution in [0.25, 0.3) is 10.2 Å². The Morgan fingerprint density at radius 1 is 1.12 bits per heavy atom. The van der Waals surface area contributed by atoms with Gasteiger partial charge in [-0.25, -0.2) is 9.78 Å². The molecule has 0 amide bonds. The lowest BCUT2D eigenvalue weighted by Crippen LogP contribution is -2.08. The van der Waals surface area contributed by atoms with Crippen molar-refractivity contribution >= 4 is 49.9 Å². The molecule has 4 aromatic rings. The van der Waals surface area contributed by atoms with E-state index in [1.807, 2.05) is 42.5 Å². The Bertz CT molecular complexity index is 1040. The largest absolute Gasteiger partial charge is 0.420 e. The number of fused-ring (bicyclic) bond motifs is 1. The summed E-state index contributed by atoms with van der Waals surface area (Å²) in [6.45, 7) is 1.73. The van der Waals surface area contributed by atoms with Gasteiger partial charge in [0.05, 0.1) is 10.4 Å². The van der Waals surface area contributed by atoms with Gasteiger partial charge >= 0.3 is 5.97 Å². The highest BCUT2D eigenvalue weighted by Crippen LogP contribution is 2.34. The summed E-state index contributed by atoms with van der Waals surface area (Å²) in [5.74, 6) is -0.0433. The molecule has 8 heteroatoms. The number of hydrogen-bond acceptors (Lipinski definition) is 8.